The Balaban J connectivity index is 2.03. The standard InChI is InChI=1S/C16H21N2O2/c1-4-9-20-16-13-6-5-12(19)10-14(13)15-7-8-18(2,3)11-17(15)16/h5-8,10,15H,4,9,11H2,1-3H3/q+1. The average molecular weight is 273 g/mol. The van der Waals surface area contributed by atoms with Crippen LogP contribution in [0.15, 0.2) is 47.5 Å². The van der Waals surface area contributed by atoms with Crippen LogP contribution in [0.4, 0.5) is 0 Å². The van der Waals surface area contributed by atoms with Crippen molar-refractivity contribution < 1.29 is 14.0 Å². The fourth-order valence-corrected chi connectivity index (χ4v) is 2.90. The Hall–Kier alpha value is -1.81. The van der Waals surface area contributed by atoms with Gasteiger partial charge in [0.2, 0.25) is 5.88 Å². The van der Waals surface area contributed by atoms with E-state index in [1.807, 2.05) is 6.08 Å². The SMILES string of the molecule is CCCOC1=C2C=CC(=O)C=C2C2C=C[N+](C)(C)CN12. The summed E-state index contributed by atoms with van der Waals surface area (Å²) < 4.78 is 6.76. The second-order valence-electron chi connectivity index (χ2n) is 6.08. The van der Waals surface area contributed by atoms with Crippen LogP contribution >= 0.6 is 0 Å². The maximum Gasteiger partial charge on any atom is 0.202 e. The molecule has 4 nitrogen and oxygen atoms in total. The minimum Gasteiger partial charge on any atom is -0.479 e. The van der Waals surface area contributed by atoms with E-state index in [1.54, 1.807) is 12.2 Å². The van der Waals surface area contributed by atoms with Crippen LogP contribution in [0.3, 0.4) is 0 Å². The lowest BCUT2D eigenvalue weighted by Gasteiger charge is -2.38. The number of carbonyl (C=O) groups is 1. The van der Waals surface area contributed by atoms with Gasteiger partial charge in [0.25, 0.3) is 0 Å². The van der Waals surface area contributed by atoms with Gasteiger partial charge in [-0.1, -0.05) is 6.92 Å². The highest BCUT2D eigenvalue weighted by Crippen LogP contribution is 2.39. The zero-order chi connectivity index (χ0) is 14.3. The predicted octanol–water partition coefficient (Wildman–Crippen LogP) is 1.94. The molecule has 0 N–H and O–H groups in total. The van der Waals surface area contributed by atoms with E-state index in [9.17, 15) is 4.79 Å². The Morgan fingerprint density at radius 2 is 2.20 bits per heavy atom. The molecule has 0 saturated carbocycles. The molecule has 2 heterocycles. The molecule has 4 heteroatoms. The van der Waals surface area contributed by atoms with Crippen LogP contribution in [-0.2, 0) is 9.53 Å². The molecule has 1 unspecified atom stereocenters. The van der Waals surface area contributed by atoms with Gasteiger partial charge in [-0.2, -0.15) is 0 Å². The van der Waals surface area contributed by atoms with Gasteiger partial charge in [-0.3, -0.25) is 14.2 Å². The lowest BCUT2D eigenvalue weighted by molar-refractivity contribution is -0.852. The number of ether oxygens (including phenoxy) is 1. The van der Waals surface area contributed by atoms with Crippen LogP contribution < -0.4 is 0 Å². The fraction of sp³-hybridized carbons (Fsp3) is 0.438. The Labute approximate surface area is 119 Å². The third kappa shape index (κ3) is 2.10. The van der Waals surface area contributed by atoms with E-state index in [2.05, 4.69) is 38.2 Å². The second-order valence-corrected chi connectivity index (χ2v) is 6.08. The molecule has 0 aromatic heterocycles. The summed E-state index contributed by atoms with van der Waals surface area (Å²) in [5, 5.41) is 0. The number of quaternary nitrogens is 1. The van der Waals surface area contributed by atoms with Gasteiger partial charge in [0.05, 0.1) is 32.9 Å². The van der Waals surface area contributed by atoms with Gasteiger partial charge >= 0.3 is 0 Å². The van der Waals surface area contributed by atoms with Gasteiger partial charge in [-0.05, 0) is 36.3 Å². The topological polar surface area (TPSA) is 29.5 Å². The molecule has 3 rings (SSSR count). The molecule has 0 aromatic rings. The summed E-state index contributed by atoms with van der Waals surface area (Å²) >= 11 is 0. The molecule has 0 aromatic carbocycles. The number of fused-ring (bicyclic) bond motifs is 3. The summed E-state index contributed by atoms with van der Waals surface area (Å²) in [6.07, 6.45) is 10.6. The van der Waals surface area contributed by atoms with E-state index in [1.165, 1.54) is 0 Å². The molecule has 20 heavy (non-hydrogen) atoms. The first-order chi connectivity index (χ1) is 9.52. The van der Waals surface area contributed by atoms with Crippen molar-refractivity contribution in [3.63, 3.8) is 0 Å². The van der Waals surface area contributed by atoms with Gasteiger partial charge in [0.15, 0.2) is 12.5 Å². The largest absolute Gasteiger partial charge is 0.479 e. The van der Waals surface area contributed by atoms with Crippen molar-refractivity contribution in [2.75, 3.05) is 27.4 Å². The van der Waals surface area contributed by atoms with Crippen molar-refractivity contribution in [2.45, 2.75) is 19.4 Å². The van der Waals surface area contributed by atoms with Crippen molar-refractivity contribution >= 4 is 5.78 Å². The van der Waals surface area contributed by atoms with Gasteiger partial charge in [-0.25, -0.2) is 0 Å². The van der Waals surface area contributed by atoms with E-state index in [0.29, 0.717) is 6.61 Å². The Kier molecular flexibility index (Phi) is 3.05. The maximum atomic E-state index is 11.7. The highest BCUT2D eigenvalue weighted by atomic mass is 16.5. The monoisotopic (exact) mass is 273 g/mol. The third-order valence-electron chi connectivity index (χ3n) is 3.80. The van der Waals surface area contributed by atoms with Crippen molar-refractivity contribution in [2.24, 2.45) is 0 Å². The molecule has 0 radical (unpaired) electrons. The van der Waals surface area contributed by atoms with Crippen molar-refractivity contribution in [1.29, 1.82) is 0 Å². The third-order valence-corrected chi connectivity index (χ3v) is 3.80. The van der Waals surface area contributed by atoms with E-state index in [4.69, 9.17) is 4.74 Å². The van der Waals surface area contributed by atoms with Gasteiger partial charge < -0.3 is 4.74 Å². The predicted molar refractivity (Wildman–Crippen MR) is 77.2 cm³/mol. The average Bonchev–Trinajstić information content (AvgIpc) is 2.67. The van der Waals surface area contributed by atoms with E-state index < -0.39 is 0 Å². The molecule has 106 valence electrons. The summed E-state index contributed by atoms with van der Waals surface area (Å²) in [5.74, 6) is 0.982. The van der Waals surface area contributed by atoms with Gasteiger partial charge in [-0.15, -0.1) is 0 Å². The highest BCUT2D eigenvalue weighted by molar-refractivity contribution is 6.03. The Morgan fingerprint density at radius 1 is 1.40 bits per heavy atom. The Bertz CT molecular complexity index is 567. The molecule has 0 amide bonds. The fourth-order valence-electron chi connectivity index (χ4n) is 2.90. The van der Waals surface area contributed by atoms with E-state index in [-0.39, 0.29) is 11.8 Å². The molecular formula is C16H21N2O2+. The number of hydrogen-bond donors (Lipinski definition) is 0. The van der Waals surface area contributed by atoms with Crippen LogP contribution in [0.1, 0.15) is 13.3 Å². The van der Waals surface area contributed by atoms with Crippen LogP contribution in [-0.4, -0.2) is 48.6 Å². The molecule has 0 bridgehead atoms. The minimum absolute atomic E-state index is 0.0631. The first-order valence-electron chi connectivity index (χ1n) is 7.11. The normalized spacial score (nSPS) is 26.6. The molecule has 3 aliphatic rings. The van der Waals surface area contributed by atoms with E-state index in [0.717, 1.165) is 34.6 Å². The number of carbonyl (C=O) groups excluding carboxylic acids is 1. The molecule has 1 aliphatic carbocycles. The number of allylic oxidation sites excluding steroid dienone is 3. The van der Waals surface area contributed by atoms with Crippen molar-refractivity contribution in [1.82, 2.24) is 4.90 Å². The molecule has 0 saturated heterocycles. The van der Waals surface area contributed by atoms with Crippen LogP contribution in [0.2, 0.25) is 0 Å². The smallest absolute Gasteiger partial charge is 0.202 e. The van der Waals surface area contributed by atoms with Crippen LogP contribution in [0, 0.1) is 0 Å². The summed E-state index contributed by atoms with van der Waals surface area (Å²) in [4.78, 5) is 13.9. The molecular weight excluding hydrogens is 252 g/mol. The molecule has 0 fully saturated rings. The Morgan fingerprint density at radius 3 is 2.95 bits per heavy atom. The summed E-state index contributed by atoms with van der Waals surface area (Å²) in [6.45, 7) is 3.65. The molecule has 2 aliphatic heterocycles. The van der Waals surface area contributed by atoms with Gasteiger partial charge in [0.1, 0.15) is 0 Å². The van der Waals surface area contributed by atoms with E-state index >= 15 is 0 Å². The number of nitrogens with zero attached hydrogens (tertiary/aromatic N) is 2. The zero-order valence-corrected chi connectivity index (χ0v) is 12.3. The number of ketones is 1. The van der Waals surface area contributed by atoms with Crippen LogP contribution in [0.5, 0.6) is 0 Å². The molecule has 1 atom stereocenters. The lowest BCUT2D eigenvalue weighted by atomic mass is 9.95. The van der Waals surface area contributed by atoms with Crippen molar-refractivity contribution in [3.8, 4) is 0 Å². The lowest BCUT2D eigenvalue weighted by Crippen LogP contribution is -2.50. The second kappa shape index (κ2) is 4.63. The summed E-state index contributed by atoms with van der Waals surface area (Å²) in [5.41, 5.74) is 2.13. The molecule has 0 spiro atoms. The minimum atomic E-state index is 0.0631. The van der Waals surface area contributed by atoms with Crippen molar-refractivity contribution in [3.05, 3.63) is 47.5 Å². The first kappa shape index (κ1) is 13.2. The van der Waals surface area contributed by atoms with Gasteiger partial charge in [0, 0.05) is 5.57 Å². The highest BCUT2D eigenvalue weighted by Gasteiger charge is 2.42. The number of rotatable bonds is 3. The summed E-state index contributed by atoms with van der Waals surface area (Å²) in [6, 6.07) is 0.136. The maximum absolute atomic E-state index is 11.7. The number of hydrogen-bond acceptors (Lipinski definition) is 3. The quantitative estimate of drug-likeness (QED) is 0.736. The first-order valence-corrected chi connectivity index (χ1v) is 7.11. The zero-order valence-electron chi connectivity index (χ0n) is 12.3. The van der Waals surface area contributed by atoms with Crippen LogP contribution in [0.25, 0.3) is 0 Å². The summed E-state index contributed by atoms with van der Waals surface area (Å²) in [7, 11) is 4.32.